The summed E-state index contributed by atoms with van der Waals surface area (Å²) >= 11 is 0. The first-order chi connectivity index (χ1) is 16.8. The Morgan fingerprint density at radius 1 is 1.11 bits per heavy atom. The Balaban J connectivity index is 0. The molecular formula is C30H51FNO2P. The molecule has 2 N–H and O–H groups in total. The maximum atomic E-state index is 12.3. The summed E-state index contributed by atoms with van der Waals surface area (Å²) in [6.07, 6.45) is 17.5. The molecule has 200 valence electrons. The summed E-state index contributed by atoms with van der Waals surface area (Å²) < 4.78 is 12.3. The monoisotopic (exact) mass is 507 g/mol. The highest BCUT2D eigenvalue weighted by Crippen LogP contribution is 2.05. The molecule has 3 atom stereocenters. The van der Waals surface area contributed by atoms with E-state index in [0.717, 1.165) is 38.1 Å². The molecule has 0 heterocycles. The highest BCUT2D eigenvalue weighted by Gasteiger charge is 2.12. The predicted molar refractivity (Wildman–Crippen MR) is 156 cm³/mol. The van der Waals surface area contributed by atoms with Gasteiger partial charge >= 0.3 is 0 Å². The van der Waals surface area contributed by atoms with Crippen molar-refractivity contribution in [1.29, 1.82) is 0 Å². The van der Waals surface area contributed by atoms with Crippen LogP contribution in [0.15, 0.2) is 60.3 Å². The molecule has 0 saturated heterocycles. The van der Waals surface area contributed by atoms with E-state index in [1.165, 1.54) is 24.6 Å². The van der Waals surface area contributed by atoms with Crippen molar-refractivity contribution in [1.82, 2.24) is 5.32 Å². The summed E-state index contributed by atoms with van der Waals surface area (Å²) in [5.41, 5.74) is 1.20. The van der Waals surface area contributed by atoms with Crippen LogP contribution in [0.1, 0.15) is 92.9 Å². The van der Waals surface area contributed by atoms with E-state index in [2.05, 4.69) is 79.6 Å². The molecule has 0 bridgehead atoms. The number of benzene rings is 1. The van der Waals surface area contributed by atoms with Crippen molar-refractivity contribution in [2.75, 3.05) is 6.54 Å². The highest BCUT2D eigenvalue weighted by molar-refractivity contribution is 7.27. The molecule has 0 amide bonds. The maximum absolute atomic E-state index is 12.3. The molecule has 0 aliphatic heterocycles. The number of nitrogens with one attached hydrogen (secondary N) is 1. The van der Waals surface area contributed by atoms with Crippen LogP contribution in [0.4, 0.5) is 4.39 Å². The Bertz CT molecular complexity index is 710. The summed E-state index contributed by atoms with van der Waals surface area (Å²) in [7, 11) is 2.31. The first kappa shape index (κ1) is 35.4. The predicted octanol–water partition coefficient (Wildman–Crippen LogP) is 7.67. The van der Waals surface area contributed by atoms with E-state index in [1.807, 2.05) is 6.92 Å². The Kier molecular flexibility index (Phi) is 25.6. The zero-order valence-corrected chi connectivity index (χ0v) is 24.2. The first-order valence-electron chi connectivity index (χ1n) is 13.2. The van der Waals surface area contributed by atoms with Crippen LogP contribution in [0.5, 0.6) is 0 Å². The number of halogens is 1. The molecule has 1 aromatic carbocycles. The first-order valence-corrected chi connectivity index (χ1v) is 13.8. The van der Waals surface area contributed by atoms with Crippen molar-refractivity contribution in [3.8, 4) is 0 Å². The minimum Gasteiger partial charge on any atom is -0.385 e. The molecule has 5 heteroatoms. The van der Waals surface area contributed by atoms with Crippen LogP contribution in [-0.4, -0.2) is 23.5 Å². The second kappa shape index (κ2) is 25.3. The minimum atomic E-state index is -0.699. The fraction of sp³-hybridized carbons (Fsp3) is 0.567. The molecule has 0 aliphatic rings. The number of rotatable bonds is 14. The molecule has 1 rings (SSSR count). The molecule has 1 aromatic rings. The Labute approximate surface area is 217 Å². The van der Waals surface area contributed by atoms with Gasteiger partial charge in [-0.05, 0) is 56.7 Å². The number of aliphatic hydroxyl groups is 1. The van der Waals surface area contributed by atoms with E-state index in [0.29, 0.717) is 18.1 Å². The molecule has 35 heavy (non-hydrogen) atoms. The molecular weight excluding hydrogens is 456 g/mol. The summed E-state index contributed by atoms with van der Waals surface area (Å²) in [5, 5.41) is 13.3. The van der Waals surface area contributed by atoms with E-state index in [1.54, 1.807) is 18.2 Å². The van der Waals surface area contributed by atoms with E-state index in [-0.39, 0.29) is 11.6 Å². The smallest absolute Gasteiger partial charge is 0.161 e. The molecule has 0 spiro atoms. The second-order valence-electron chi connectivity index (χ2n) is 8.63. The fourth-order valence-corrected chi connectivity index (χ4v) is 3.20. The zero-order valence-electron chi connectivity index (χ0n) is 23.0. The third-order valence-corrected chi connectivity index (χ3v) is 5.50. The van der Waals surface area contributed by atoms with Crippen molar-refractivity contribution in [2.45, 2.75) is 99.0 Å². The van der Waals surface area contributed by atoms with E-state index >= 15 is 0 Å². The standard InChI is InChI=1S/C15H27N.C9H18O2.C6H6FP/c1-5-8-9-12-15(11-7-3)16-13-14(4)10-6-2;1-3-5-7-9(11)8(10)6-4-2;7-5-3-1-2-4-6(5)8/h7-9,11-12,14,16H,5-6,10,13H2,1-4H3;9,11H,3-7H2,1-2H3;1-4H,8H2/b9-8+,11-7-,15-12+;;. The number of hydrogen-bond donors (Lipinski definition) is 2. The van der Waals surface area contributed by atoms with Gasteiger partial charge in [0.05, 0.1) is 0 Å². The van der Waals surface area contributed by atoms with E-state index < -0.39 is 6.10 Å². The normalized spacial score (nSPS) is 13.0. The number of carbonyl (C=O) groups is 1. The number of ketones is 1. The third kappa shape index (κ3) is 22.4. The van der Waals surface area contributed by atoms with Gasteiger partial charge in [-0.15, -0.1) is 9.24 Å². The van der Waals surface area contributed by atoms with Gasteiger partial charge in [0.25, 0.3) is 0 Å². The summed E-state index contributed by atoms with van der Waals surface area (Å²) in [6, 6.07) is 6.61. The zero-order chi connectivity index (χ0) is 26.9. The van der Waals surface area contributed by atoms with Gasteiger partial charge in [0.1, 0.15) is 11.9 Å². The fourth-order valence-electron chi connectivity index (χ4n) is 2.99. The number of unbranched alkanes of at least 4 members (excludes halogenated alkanes) is 1. The molecule has 0 aliphatic carbocycles. The number of allylic oxidation sites excluding steroid dienone is 5. The molecule has 0 aromatic heterocycles. The lowest BCUT2D eigenvalue weighted by Gasteiger charge is -2.12. The van der Waals surface area contributed by atoms with Crippen LogP contribution < -0.4 is 10.6 Å². The van der Waals surface area contributed by atoms with Gasteiger partial charge in [-0.25, -0.2) is 4.39 Å². The second-order valence-corrected chi connectivity index (χ2v) is 9.25. The third-order valence-electron chi connectivity index (χ3n) is 5.03. The molecule has 0 radical (unpaired) electrons. The van der Waals surface area contributed by atoms with Gasteiger partial charge in [-0.3, -0.25) is 4.79 Å². The topological polar surface area (TPSA) is 49.3 Å². The molecule has 3 nitrogen and oxygen atoms in total. The van der Waals surface area contributed by atoms with Crippen molar-refractivity contribution >= 4 is 20.3 Å². The van der Waals surface area contributed by atoms with Crippen molar-refractivity contribution in [3.05, 3.63) is 66.2 Å². The lowest BCUT2D eigenvalue weighted by Crippen LogP contribution is -2.19. The Hall–Kier alpha value is -1.77. The van der Waals surface area contributed by atoms with Gasteiger partial charge < -0.3 is 10.4 Å². The van der Waals surface area contributed by atoms with Gasteiger partial charge in [-0.1, -0.05) is 90.3 Å². The van der Waals surface area contributed by atoms with Crippen molar-refractivity contribution < 1.29 is 14.3 Å². The lowest BCUT2D eigenvalue weighted by atomic mass is 10.1. The van der Waals surface area contributed by atoms with Crippen LogP contribution in [0, 0.1) is 11.7 Å². The average Bonchev–Trinajstić information content (AvgIpc) is 2.84. The number of Topliss-reactive ketones (excluding diaryl/α,β-unsaturated/α-hetero) is 1. The minimum absolute atomic E-state index is 0.000880. The number of carbonyl (C=O) groups excluding carboxylic acids is 1. The number of aliphatic hydroxyl groups excluding tert-OH is 1. The van der Waals surface area contributed by atoms with E-state index in [4.69, 9.17) is 0 Å². The quantitative estimate of drug-likeness (QED) is 0.201. The molecule has 0 fully saturated rings. The Morgan fingerprint density at radius 3 is 2.29 bits per heavy atom. The van der Waals surface area contributed by atoms with Gasteiger partial charge in [-0.2, -0.15) is 0 Å². The van der Waals surface area contributed by atoms with Crippen LogP contribution in [0.2, 0.25) is 0 Å². The Morgan fingerprint density at radius 2 is 1.80 bits per heavy atom. The largest absolute Gasteiger partial charge is 0.385 e. The maximum Gasteiger partial charge on any atom is 0.161 e. The van der Waals surface area contributed by atoms with Crippen molar-refractivity contribution in [3.63, 3.8) is 0 Å². The average molecular weight is 508 g/mol. The highest BCUT2D eigenvalue weighted by atomic mass is 31.0. The molecule has 3 unspecified atom stereocenters. The van der Waals surface area contributed by atoms with Crippen molar-refractivity contribution in [2.24, 2.45) is 5.92 Å². The SMILES string of the molecule is CCCCC(O)C(=O)CCC.C\C=C/C(=C\C=C\CC)NCC(C)CCC.Fc1ccccc1P. The van der Waals surface area contributed by atoms with E-state index in [9.17, 15) is 14.3 Å². The summed E-state index contributed by atoms with van der Waals surface area (Å²) in [5.74, 6) is 0.576. The van der Waals surface area contributed by atoms with Gasteiger partial charge in [0, 0.05) is 24.0 Å². The van der Waals surface area contributed by atoms with Gasteiger partial charge in [0.2, 0.25) is 0 Å². The van der Waals surface area contributed by atoms with Crippen LogP contribution in [0.25, 0.3) is 0 Å². The molecule has 0 saturated carbocycles. The summed E-state index contributed by atoms with van der Waals surface area (Å²) in [4.78, 5) is 11.0. The van der Waals surface area contributed by atoms with Crippen LogP contribution >= 0.6 is 9.24 Å². The van der Waals surface area contributed by atoms with Gasteiger partial charge in [0.15, 0.2) is 5.78 Å². The summed E-state index contributed by atoms with van der Waals surface area (Å²) in [6.45, 7) is 13.8. The van der Waals surface area contributed by atoms with Crippen LogP contribution in [0.3, 0.4) is 0 Å². The number of hydrogen-bond acceptors (Lipinski definition) is 3. The van der Waals surface area contributed by atoms with Crippen LogP contribution in [-0.2, 0) is 4.79 Å². The lowest BCUT2D eigenvalue weighted by molar-refractivity contribution is -0.127.